The number of halogens is 1. The van der Waals surface area contributed by atoms with E-state index in [2.05, 4.69) is 31.2 Å². The third-order valence-electron chi connectivity index (χ3n) is 3.38. The minimum absolute atomic E-state index is 0.555. The molecule has 0 aromatic heterocycles. The molecule has 1 N–H and O–H groups in total. The van der Waals surface area contributed by atoms with Gasteiger partial charge in [-0.1, -0.05) is 54.9 Å². The van der Waals surface area contributed by atoms with Crippen molar-refractivity contribution in [3.05, 3.63) is 69.7 Å². The highest BCUT2D eigenvalue weighted by molar-refractivity contribution is 6.31. The van der Waals surface area contributed by atoms with Crippen LogP contribution in [0.2, 0.25) is 5.02 Å². The Morgan fingerprint density at radius 1 is 1.05 bits per heavy atom. The maximum Gasteiger partial charge on any atom is 0.0844 e. The van der Waals surface area contributed by atoms with Crippen molar-refractivity contribution in [3.63, 3.8) is 0 Å². The number of aliphatic hydroxyl groups excluding tert-OH is 1. The Hall–Kier alpha value is -1.31. The second kappa shape index (κ2) is 6.23. The molecule has 2 heteroatoms. The third-order valence-corrected chi connectivity index (χ3v) is 3.70. The van der Waals surface area contributed by atoms with Gasteiger partial charge in [0.2, 0.25) is 0 Å². The summed E-state index contributed by atoms with van der Waals surface area (Å²) in [7, 11) is 0. The Morgan fingerprint density at radius 2 is 1.68 bits per heavy atom. The van der Waals surface area contributed by atoms with Crippen LogP contribution in [0.5, 0.6) is 0 Å². The van der Waals surface area contributed by atoms with Gasteiger partial charge in [-0.3, -0.25) is 0 Å². The summed E-state index contributed by atoms with van der Waals surface area (Å²) >= 11 is 6.18. The Kier molecular flexibility index (Phi) is 4.62. The molecule has 0 spiro atoms. The Bertz CT molecular complexity index is 546. The second-order valence-corrected chi connectivity index (χ2v) is 5.32. The van der Waals surface area contributed by atoms with Crippen LogP contribution in [0.15, 0.2) is 42.5 Å². The van der Waals surface area contributed by atoms with Crippen LogP contribution in [-0.4, -0.2) is 5.11 Å². The van der Waals surface area contributed by atoms with Crippen molar-refractivity contribution in [2.75, 3.05) is 0 Å². The number of rotatable bonds is 4. The summed E-state index contributed by atoms with van der Waals surface area (Å²) in [5.41, 5.74) is 4.34. The van der Waals surface area contributed by atoms with Crippen LogP contribution in [-0.2, 0) is 12.8 Å². The van der Waals surface area contributed by atoms with E-state index in [9.17, 15) is 5.11 Å². The first-order valence-electron chi connectivity index (χ1n) is 6.62. The van der Waals surface area contributed by atoms with E-state index in [1.165, 1.54) is 5.56 Å². The number of aliphatic hydroxyl groups is 1. The van der Waals surface area contributed by atoms with E-state index in [0.717, 1.165) is 23.1 Å². The lowest BCUT2D eigenvalue weighted by Crippen LogP contribution is -2.03. The minimum atomic E-state index is -0.555. The molecule has 2 aromatic carbocycles. The van der Waals surface area contributed by atoms with Gasteiger partial charge in [0.1, 0.15) is 0 Å². The third kappa shape index (κ3) is 3.59. The summed E-state index contributed by atoms with van der Waals surface area (Å²) < 4.78 is 0. The van der Waals surface area contributed by atoms with Crippen molar-refractivity contribution < 1.29 is 5.11 Å². The number of benzene rings is 2. The van der Waals surface area contributed by atoms with E-state index in [4.69, 9.17) is 11.6 Å². The highest BCUT2D eigenvalue weighted by Gasteiger charge is 2.12. The van der Waals surface area contributed by atoms with Gasteiger partial charge in [0.05, 0.1) is 6.10 Å². The van der Waals surface area contributed by atoms with E-state index >= 15 is 0 Å². The monoisotopic (exact) mass is 274 g/mol. The van der Waals surface area contributed by atoms with Crippen LogP contribution in [0.25, 0.3) is 0 Å². The summed E-state index contributed by atoms with van der Waals surface area (Å²) in [6.07, 6.45) is 1.07. The van der Waals surface area contributed by atoms with Gasteiger partial charge >= 0.3 is 0 Å². The normalized spacial score (nSPS) is 12.4. The average molecular weight is 275 g/mol. The molecule has 2 rings (SSSR count). The molecule has 1 atom stereocenters. The zero-order valence-corrected chi connectivity index (χ0v) is 12.1. The molecule has 0 heterocycles. The first-order valence-corrected chi connectivity index (χ1v) is 7.00. The molecule has 19 heavy (non-hydrogen) atoms. The smallest absolute Gasteiger partial charge is 0.0844 e. The predicted octanol–water partition coefficient (Wildman–Crippen LogP) is 4.49. The maximum absolute atomic E-state index is 10.3. The van der Waals surface area contributed by atoms with Crippen molar-refractivity contribution in [2.45, 2.75) is 32.8 Å². The van der Waals surface area contributed by atoms with Gasteiger partial charge in [-0.2, -0.15) is 0 Å². The fourth-order valence-electron chi connectivity index (χ4n) is 2.15. The van der Waals surface area contributed by atoms with Crippen LogP contribution >= 0.6 is 11.6 Å². The standard InChI is InChI=1S/C17H19ClO/c1-3-13-5-7-14(8-6-13)11-17(19)15-9-4-12(2)10-16(15)18/h4-10,17,19H,3,11H2,1-2H3. The van der Waals surface area contributed by atoms with Crippen molar-refractivity contribution >= 4 is 11.6 Å². The van der Waals surface area contributed by atoms with Gasteiger partial charge < -0.3 is 5.11 Å². The molecule has 0 saturated heterocycles. The summed E-state index contributed by atoms with van der Waals surface area (Å²) in [5, 5.41) is 10.9. The molecule has 0 saturated carbocycles. The van der Waals surface area contributed by atoms with Crippen LogP contribution in [0, 0.1) is 6.92 Å². The van der Waals surface area contributed by atoms with Crippen molar-refractivity contribution in [2.24, 2.45) is 0 Å². The molecular formula is C17H19ClO. The van der Waals surface area contributed by atoms with E-state index in [1.54, 1.807) is 0 Å². The molecule has 0 aliphatic rings. The lowest BCUT2D eigenvalue weighted by atomic mass is 9.99. The van der Waals surface area contributed by atoms with Gasteiger partial charge in [-0.25, -0.2) is 0 Å². The zero-order valence-electron chi connectivity index (χ0n) is 11.4. The molecular weight excluding hydrogens is 256 g/mol. The first kappa shape index (κ1) is 14.1. The maximum atomic E-state index is 10.3. The SMILES string of the molecule is CCc1ccc(CC(O)c2ccc(C)cc2Cl)cc1. The quantitative estimate of drug-likeness (QED) is 0.871. The molecule has 0 radical (unpaired) electrons. The van der Waals surface area contributed by atoms with Gasteiger partial charge in [0.15, 0.2) is 0 Å². The van der Waals surface area contributed by atoms with E-state index in [0.29, 0.717) is 11.4 Å². The largest absolute Gasteiger partial charge is 0.388 e. The van der Waals surface area contributed by atoms with E-state index < -0.39 is 6.10 Å². The molecule has 100 valence electrons. The molecule has 0 fully saturated rings. The lowest BCUT2D eigenvalue weighted by molar-refractivity contribution is 0.178. The fraction of sp³-hybridized carbons (Fsp3) is 0.294. The van der Waals surface area contributed by atoms with E-state index in [-0.39, 0.29) is 0 Å². The van der Waals surface area contributed by atoms with Gasteiger partial charge in [0.25, 0.3) is 0 Å². The lowest BCUT2D eigenvalue weighted by Gasteiger charge is -2.13. The predicted molar refractivity (Wildman–Crippen MR) is 80.7 cm³/mol. The van der Waals surface area contributed by atoms with Crippen molar-refractivity contribution in [3.8, 4) is 0 Å². The topological polar surface area (TPSA) is 20.2 Å². The van der Waals surface area contributed by atoms with Gasteiger partial charge in [-0.05, 0) is 41.7 Å². The van der Waals surface area contributed by atoms with Crippen molar-refractivity contribution in [1.82, 2.24) is 0 Å². The van der Waals surface area contributed by atoms with Crippen LogP contribution in [0.3, 0.4) is 0 Å². The molecule has 0 aliphatic carbocycles. The average Bonchev–Trinajstić information content (AvgIpc) is 2.39. The van der Waals surface area contributed by atoms with Crippen LogP contribution < -0.4 is 0 Å². The summed E-state index contributed by atoms with van der Waals surface area (Å²) in [6.45, 7) is 4.13. The van der Waals surface area contributed by atoms with Gasteiger partial charge in [0, 0.05) is 11.4 Å². The second-order valence-electron chi connectivity index (χ2n) is 4.91. The minimum Gasteiger partial charge on any atom is -0.388 e. The Balaban J connectivity index is 2.13. The van der Waals surface area contributed by atoms with E-state index in [1.807, 2.05) is 25.1 Å². The molecule has 0 aliphatic heterocycles. The molecule has 1 nitrogen and oxygen atoms in total. The molecule has 0 amide bonds. The summed E-state index contributed by atoms with van der Waals surface area (Å²) in [6, 6.07) is 14.1. The van der Waals surface area contributed by atoms with Crippen molar-refractivity contribution in [1.29, 1.82) is 0 Å². The number of hydrogen-bond donors (Lipinski definition) is 1. The number of hydrogen-bond acceptors (Lipinski definition) is 1. The Labute approximate surface area is 119 Å². The first-order chi connectivity index (χ1) is 9.10. The highest BCUT2D eigenvalue weighted by atomic mass is 35.5. The molecule has 0 bridgehead atoms. The van der Waals surface area contributed by atoms with Gasteiger partial charge in [-0.15, -0.1) is 0 Å². The zero-order chi connectivity index (χ0) is 13.8. The molecule has 2 aromatic rings. The van der Waals surface area contributed by atoms with Crippen LogP contribution in [0.4, 0.5) is 0 Å². The molecule has 1 unspecified atom stereocenters. The summed E-state index contributed by atoms with van der Waals surface area (Å²) in [5.74, 6) is 0. The van der Waals surface area contributed by atoms with Crippen LogP contribution in [0.1, 0.15) is 35.3 Å². The Morgan fingerprint density at radius 3 is 2.26 bits per heavy atom. The number of aryl methyl sites for hydroxylation is 2. The summed E-state index contributed by atoms with van der Waals surface area (Å²) in [4.78, 5) is 0. The fourth-order valence-corrected chi connectivity index (χ4v) is 2.51. The highest BCUT2D eigenvalue weighted by Crippen LogP contribution is 2.26.